The van der Waals surface area contributed by atoms with Crippen LogP contribution in [0.2, 0.25) is 0 Å². The van der Waals surface area contributed by atoms with E-state index in [1.165, 1.54) is 31.2 Å². The number of methoxy groups -OCH3 is 2. The minimum Gasteiger partial charge on any atom is -0.465 e. The maximum Gasteiger partial charge on any atom is 0.341 e. The predicted molar refractivity (Wildman–Crippen MR) is 105 cm³/mol. The molecule has 3 heterocycles. The smallest absolute Gasteiger partial charge is 0.341 e. The van der Waals surface area contributed by atoms with Crippen LogP contribution in [0, 0.1) is 0 Å². The first-order valence-corrected chi connectivity index (χ1v) is 8.91. The van der Waals surface area contributed by atoms with E-state index < -0.39 is 17.7 Å². The van der Waals surface area contributed by atoms with Gasteiger partial charge in [0.25, 0.3) is 0 Å². The van der Waals surface area contributed by atoms with Crippen molar-refractivity contribution in [3.8, 4) is 11.5 Å². The van der Waals surface area contributed by atoms with Crippen LogP contribution >= 0.6 is 0 Å². The van der Waals surface area contributed by atoms with E-state index in [-0.39, 0.29) is 22.3 Å². The summed E-state index contributed by atoms with van der Waals surface area (Å²) in [6, 6.07) is 13.4. The number of ketones is 1. The Bertz CT molecular complexity index is 1260. The van der Waals surface area contributed by atoms with E-state index in [2.05, 4.69) is 4.98 Å². The molecule has 8 nitrogen and oxygen atoms in total. The van der Waals surface area contributed by atoms with Crippen molar-refractivity contribution in [2.24, 2.45) is 0 Å². The molecule has 0 fully saturated rings. The third-order valence-electron chi connectivity index (χ3n) is 4.63. The van der Waals surface area contributed by atoms with E-state index in [0.717, 1.165) is 0 Å². The number of rotatable bonds is 5. The van der Waals surface area contributed by atoms with Crippen LogP contribution in [0.25, 0.3) is 17.0 Å². The second-order valence-corrected chi connectivity index (χ2v) is 6.28. The van der Waals surface area contributed by atoms with Gasteiger partial charge < -0.3 is 13.9 Å². The number of fused-ring (bicyclic) bond motifs is 1. The summed E-state index contributed by atoms with van der Waals surface area (Å²) in [5.74, 6) is -1.62. The Kier molecular flexibility index (Phi) is 4.89. The molecular weight excluding hydrogens is 388 g/mol. The van der Waals surface area contributed by atoms with Crippen LogP contribution < -0.4 is 0 Å². The van der Waals surface area contributed by atoms with Crippen LogP contribution in [0.3, 0.4) is 0 Å². The predicted octanol–water partition coefficient (Wildman–Crippen LogP) is 3.40. The molecular formula is C22H16N2O6. The first-order valence-electron chi connectivity index (χ1n) is 8.91. The summed E-state index contributed by atoms with van der Waals surface area (Å²) in [5, 5.41) is 0. The van der Waals surface area contributed by atoms with Gasteiger partial charge in [0.1, 0.15) is 28.8 Å². The van der Waals surface area contributed by atoms with E-state index in [9.17, 15) is 14.4 Å². The number of aromatic nitrogens is 2. The molecule has 0 saturated heterocycles. The SMILES string of the molecule is COC(=O)c1c(C(=O)OC)c2cc(-c3ccco3)ncn2c1C(=O)c1ccccc1. The van der Waals surface area contributed by atoms with Gasteiger partial charge in [-0.25, -0.2) is 14.6 Å². The lowest BCUT2D eigenvalue weighted by atomic mass is 10.0. The molecule has 4 aromatic rings. The molecule has 0 atom stereocenters. The van der Waals surface area contributed by atoms with Crippen LogP contribution in [0.5, 0.6) is 0 Å². The molecule has 4 rings (SSSR count). The molecule has 0 amide bonds. The maximum absolute atomic E-state index is 13.3. The molecule has 0 N–H and O–H groups in total. The second-order valence-electron chi connectivity index (χ2n) is 6.28. The van der Waals surface area contributed by atoms with Gasteiger partial charge in [0.15, 0.2) is 5.76 Å². The van der Waals surface area contributed by atoms with Crippen LogP contribution in [-0.2, 0) is 9.47 Å². The Morgan fingerprint density at radius 1 is 0.933 bits per heavy atom. The van der Waals surface area contributed by atoms with Gasteiger partial charge in [-0.15, -0.1) is 0 Å². The first-order chi connectivity index (χ1) is 14.6. The van der Waals surface area contributed by atoms with Crippen molar-refractivity contribution in [2.45, 2.75) is 0 Å². The number of carbonyl (C=O) groups excluding carboxylic acids is 3. The van der Waals surface area contributed by atoms with Gasteiger partial charge in [0, 0.05) is 5.56 Å². The summed E-state index contributed by atoms with van der Waals surface area (Å²) in [6.45, 7) is 0. The highest BCUT2D eigenvalue weighted by Crippen LogP contribution is 2.30. The monoisotopic (exact) mass is 404 g/mol. The minimum atomic E-state index is -0.835. The molecule has 0 saturated carbocycles. The Morgan fingerprint density at radius 2 is 1.63 bits per heavy atom. The average molecular weight is 404 g/mol. The Labute approximate surface area is 170 Å². The summed E-state index contributed by atoms with van der Waals surface area (Å²) >= 11 is 0. The topological polar surface area (TPSA) is 100 Å². The quantitative estimate of drug-likeness (QED) is 0.371. The molecule has 1 aromatic carbocycles. The van der Waals surface area contributed by atoms with Crippen molar-refractivity contribution >= 4 is 23.2 Å². The lowest BCUT2D eigenvalue weighted by Crippen LogP contribution is -2.15. The van der Waals surface area contributed by atoms with Crippen molar-refractivity contribution in [1.29, 1.82) is 0 Å². The van der Waals surface area contributed by atoms with Crippen LogP contribution in [0.1, 0.15) is 36.8 Å². The van der Waals surface area contributed by atoms with Crippen LogP contribution in [0.15, 0.2) is 65.5 Å². The van der Waals surface area contributed by atoms with Gasteiger partial charge in [-0.2, -0.15) is 0 Å². The Balaban J connectivity index is 2.07. The number of carbonyl (C=O) groups is 3. The lowest BCUT2D eigenvalue weighted by Gasteiger charge is -2.06. The summed E-state index contributed by atoms with van der Waals surface area (Å²) in [7, 11) is 2.37. The molecule has 3 aromatic heterocycles. The molecule has 30 heavy (non-hydrogen) atoms. The largest absolute Gasteiger partial charge is 0.465 e. The van der Waals surface area contributed by atoms with Crippen molar-refractivity contribution < 1.29 is 28.3 Å². The van der Waals surface area contributed by atoms with Crippen LogP contribution in [0.4, 0.5) is 0 Å². The highest BCUT2D eigenvalue weighted by atomic mass is 16.5. The number of furan rings is 1. The molecule has 8 heteroatoms. The molecule has 0 unspecified atom stereocenters. The highest BCUT2D eigenvalue weighted by molar-refractivity contribution is 6.19. The summed E-state index contributed by atoms with van der Waals surface area (Å²) in [5.41, 5.74) is 0.721. The molecule has 0 aliphatic carbocycles. The molecule has 150 valence electrons. The standard InChI is InChI=1S/C22H16N2O6/c1-28-21(26)17-15-11-14(16-9-6-10-30-16)23-12-24(15)19(18(17)22(27)29-2)20(25)13-7-4-3-5-8-13/h3-12H,1-2H3. The third kappa shape index (κ3) is 3.04. The number of hydrogen-bond donors (Lipinski definition) is 0. The lowest BCUT2D eigenvalue weighted by molar-refractivity contribution is 0.0556. The fourth-order valence-corrected chi connectivity index (χ4v) is 3.27. The van der Waals surface area contributed by atoms with Crippen molar-refractivity contribution in [1.82, 2.24) is 9.38 Å². The van der Waals surface area contributed by atoms with E-state index in [1.54, 1.807) is 48.5 Å². The minimum absolute atomic E-state index is 0.0399. The van der Waals surface area contributed by atoms with Gasteiger partial charge in [-0.1, -0.05) is 30.3 Å². The summed E-state index contributed by atoms with van der Waals surface area (Å²) in [4.78, 5) is 42.9. The van der Waals surface area contributed by atoms with Crippen molar-refractivity contribution in [2.75, 3.05) is 14.2 Å². The molecule has 0 aliphatic heterocycles. The average Bonchev–Trinajstić information content (AvgIpc) is 3.44. The number of benzene rings is 1. The molecule has 0 bridgehead atoms. The van der Waals surface area contributed by atoms with Crippen LogP contribution in [-0.4, -0.2) is 41.3 Å². The Hall–Kier alpha value is -4.20. The Morgan fingerprint density at radius 3 is 2.27 bits per heavy atom. The maximum atomic E-state index is 13.3. The van der Waals surface area contributed by atoms with Gasteiger partial charge in [0.05, 0.1) is 26.0 Å². The zero-order valence-electron chi connectivity index (χ0n) is 16.1. The summed E-state index contributed by atoms with van der Waals surface area (Å²) < 4.78 is 16.5. The van der Waals surface area contributed by atoms with Crippen molar-refractivity contribution in [3.05, 3.63) is 83.5 Å². The zero-order chi connectivity index (χ0) is 21.3. The summed E-state index contributed by atoms with van der Waals surface area (Å²) in [6.07, 6.45) is 2.85. The van der Waals surface area contributed by atoms with E-state index in [1.807, 2.05) is 0 Å². The highest BCUT2D eigenvalue weighted by Gasteiger charge is 2.33. The van der Waals surface area contributed by atoms with Gasteiger partial charge in [0.2, 0.25) is 5.78 Å². The third-order valence-corrected chi connectivity index (χ3v) is 4.63. The number of nitrogens with zero attached hydrogens (tertiary/aromatic N) is 2. The fraction of sp³-hybridized carbons (Fsp3) is 0.0909. The number of hydrogen-bond acceptors (Lipinski definition) is 7. The van der Waals surface area contributed by atoms with E-state index in [0.29, 0.717) is 17.0 Å². The molecule has 0 aliphatic rings. The second kappa shape index (κ2) is 7.67. The van der Waals surface area contributed by atoms with Crippen molar-refractivity contribution in [3.63, 3.8) is 0 Å². The molecule has 0 spiro atoms. The van der Waals surface area contributed by atoms with Gasteiger partial charge >= 0.3 is 11.9 Å². The number of ether oxygens (including phenoxy) is 2. The molecule has 0 radical (unpaired) electrons. The van der Waals surface area contributed by atoms with Gasteiger partial charge in [-0.05, 0) is 18.2 Å². The zero-order valence-corrected chi connectivity index (χ0v) is 16.1. The number of esters is 2. The first kappa shape index (κ1) is 19.1. The van der Waals surface area contributed by atoms with E-state index in [4.69, 9.17) is 13.9 Å². The normalized spacial score (nSPS) is 10.7. The van der Waals surface area contributed by atoms with Gasteiger partial charge in [-0.3, -0.25) is 9.20 Å². The van der Waals surface area contributed by atoms with E-state index >= 15 is 0 Å². The fourth-order valence-electron chi connectivity index (χ4n) is 3.27.